The van der Waals surface area contributed by atoms with E-state index in [1.165, 1.54) is 12.3 Å². The average Bonchev–Trinajstić information content (AvgIpc) is 2.54. The Labute approximate surface area is 136 Å². The standard InChI is InChI=1S/C15H15N3O4S/c1-2-22-14(21)10-5-3-4-6-11(10)17-13(20)9-23-15-16-8-7-12(19)18-15/h3-8H,2,9H2,1H3,(H,17,20)(H,16,18,19). The first-order chi connectivity index (χ1) is 11.1. The van der Waals surface area contributed by atoms with Gasteiger partial charge in [0.05, 0.1) is 23.6 Å². The number of hydrogen-bond donors (Lipinski definition) is 2. The van der Waals surface area contributed by atoms with Gasteiger partial charge in [0.1, 0.15) is 0 Å². The average molecular weight is 333 g/mol. The Balaban J connectivity index is 2.00. The van der Waals surface area contributed by atoms with Crippen LogP contribution in [0.5, 0.6) is 0 Å². The SMILES string of the molecule is CCOC(=O)c1ccccc1NC(=O)CSc1nccc(=O)[nH]1. The lowest BCUT2D eigenvalue weighted by Crippen LogP contribution is -2.18. The molecule has 1 aromatic carbocycles. The second-order valence-corrected chi connectivity index (χ2v) is 5.31. The molecule has 1 amide bonds. The summed E-state index contributed by atoms with van der Waals surface area (Å²) in [4.78, 5) is 41.4. The molecule has 120 valence electrons. The predicted octanol–water partition coefficient (Wildman–Crippen LogP) is 1.68. The molecule has 0 aliphatic heterocycles. The maximum atomic E-state index is 12.0. The highest BCUT2D eigenvalue weighted by Gasteiger charge is 2.14. The van der Waals surface area contributed by atoms with Gasteiger partial charge in [0.2, 0.25) is 5.91 Å². The van der Waals surface area contributed by atoms with E-state index in [0.717, 1.165) is 11.8 Å². The van der Waals surface area contributed by atoms with Gasteiger partial charge in [-0.3, -0.25) is 9.59 Å². The van der Waals surface area contributed by atoms with Crippen LogP contribution in [0.4, 0.5) is 5.69 Å². The third-order valence-electron chi connectivity index (χ3n) is 2.68. The first-order valence-electron chi connectivity index (χ1n) is 6.84. The summed E-state index contributed by atoms with van der Waals surface area (Å²) in [5.74, 6) is -0.771. The molecule has 1 heterocycles. The van der Waals surface area contributed by atoms with Crippen molar-refractivity contribution in [2.45, 2.75) is 12.1 Å². The highest BCUT2D eigenvalue weighted by molar-refractivity contribution is 7.99. The summed E-state index contributed by atoms with van der Waals surface area (Å²) >= 11 is 1.09. The molecule has 0 atom stereocenters. The largest absolute Gasteiger partial charge is 0.462 e. The molecule has 0 saturated heterocycles. The first-order valence-corrected chi connectivity index (χ1v) is 7.83. The molecule has 2 N–H and O–H groups in total. The molecule has 8 heteroatoms. The summed E-state index contributed by atoms with van der Waals surface area (Å²) in [6, 6.07) is 7.89. The molecule has 0 aliphatic rings. The molecule has 0 spiro atoms. The van der Waals surface area contributed by atoms with E-state index in [4.69, 9.17) is 4.74 Å². The number of hydrogen-bond acceptors (Lipinski definition) is 6. The van der Waals surface area contributed by atoms with Gasteiger partial charge in [-0.1, -0.05) is 23.9 Å². The predicted molar refractivity (Wildman–Crippen MR) is 86.6 cm³/mol. The summed E-state index contributed by atoms with van der Waals surface area (Å²) in [5, 5.41) is 3.01. The Morgan fingerprint density at radius 1 is 1.30 bits per heavy atom. The zero-order chi connectivity index (χ0) is 16.7. The highest BCUT2D eigenvalue weighted by Crippen LogP contribution is 2.17. The van der Waals surface area contributed by atoms with Crippen LogP contribution >= 0.6 is 11.8 Å². The zero-order valence-corrected chi connectivity index (χ0v) is 13.2. The molecule has 7 nitrogen and oxygen atoms in total. The van der Waals surface area contributed by atoms with E-state index in [1.54, 1.807) is 31.2 Å². The van der Waals surface area contributed by atoms with Crippen LogP contribution in [0.2, 0.25) is 0 Å². The van der Waals surface area contributed by atoms with Gasteiger partial charge >= 0.3 is 5.97 Å². The van der Waals surface area contributed by atoms with Gasteiger partial charge in [0, 0.05) is 12.3 Å². The van der Waals surface area contributed by atoms with Gasteiger partial charge in [0.25, 0.3) is 5.56 Å². The minimum absolute atomic E-state index is 0.0457. The van der Waals surface area contributed by atoms with Crippen molar-refractivity contribution in [2.75, 3.05) is 17.7 Å². The van der Waals surface area contributed by atoms with Crippen molar-refractivity contribution in [1.82, 2.24) is 9.97 Å². The molecule has 0 aliphatic carbocycles. The Bertz CT molecular complexity index is 760. The van der Waals surface area contributed by atoms with Crippen molar-refractivity contribution in [3.8, 4) is 0 Å². The Morgan fingerprint density at radius 3 is 2.83 bits per heavy atom. The van der Waals surface area contributed by atoms with Gasteiger partial charge in [-0.25, -0.2) is 9.78 Å². The van der Waals surface area contributed by atoms with E-state index in [2.05, 4.69) is 15.3 Å². The number of aromatic nitrogens is 2. The number of thioether (sulfide) groups is 1. The zero-order valence-electron chi connectivity index (χ0n) is 12.4. The number of esters is 1. The molecule has 1 aromatic heterocycles. The van der Waals surface area contributed by atoms with E-state index in [1.807, 2.05) is 0 Å². The molecule has 0 unspecified atom stereocenters. The van der Waals surface area contributed by atoms with Gasteiger partial charge in [0.15, 0.2) is 5.16 Å². The molecular formula is C15H15N3O4S. The van der Waals surface area contributed by atoms with Crippen molar-refractivity contribution < 1.29 is 14.3 Å². The van der Waals surface area contributed by atoms with Crippen LogP contribution in [0, 0.1) is 0 Å². The molecule has 23 heavy (non-hydrogen) atoms. The van der Waals surface area contributed by atoms with Gasteiger partial charge in [-0.05, 0) is 19.1 Å². The number of aromatic amines is 1. The van der Waals surface area contributed by atoms with Crippen LogP contribution in [-0.4, -0.2) is 34.2 Å². The summed E-state index contributed by atoms with van der Waals surface area (Å²) in [6.07, 6.45) is 1.37. The number of para-hydroxylation sites is 1. The van der Waals surface area contributed by atoms with E-state index in [9.17, 15) is 14.4 Å². The maximum absolute atomic E-state index is 12.0. The van der Waals surface area contributed by atoms with E-state index in [0.29, 0.717) is 16.4 Å². The van der Waals surface area contributed by atoms with Crippen molar-refractivity contribution in [2.24, 2.45) is 0 Å². The van der Waals surface area contributed by atoms with E-state index >= 15 is 0 Å². The normalized spacial score (nSPS) is 10.1. The topological polar surface area (TPSA) is 101 Å². The minimum Gasteiger partial charge on any atom is -0.462 e. The van der Waals surface area contributed by atoms with Crippen molar-refractivity contribution >= 4 is 29.3 Å². The van der Waals surface area contributed by atoms with Crippen LogP contribution in [0.3, 0.4) is 0 Å². The quantitative estimate of drug-likeness (QED) is 0.474. The fraction of sp³-hybridized carbons (Fsp3) is 0.200. The molecule has 0 fully saturated rings. The lowest BCUT2D eigenvalue weighted by molar-refractivity contribution is -0.113. The highest BCUT2D eigenvalue weighted by atomic mass is 32.2. The Hall–Kier alpha value is -2.61. The molecular weight excluding hydrogens is 318 g/mol. The van der Waals surface area contributed by atoms with Crippen LogP contribution in [0.1, 0.15) is 17.3 Å². The number of H-pyrrole nitrogens is 1. The van der Waals surface area contributed by atoms with Gasteiger partial charge in [-0.2, -0.15) is 0 Å². The van der Waals surface area contributed by atoms with Crippen molar-refractivity contribution in [1.29, 1.82) is 0 Å². The number of nitrogens with one attached hydrogen (secondary N) is 2. The Kier molecular flexibility index (Phi) is 5.93. The first kappa shape index (κ1) is 16.8. The van der Waals surface area contributed by atoms with Crippen LogP contribution in [0.25, 0.3) is 0 Å². The van der Waals surface area contributed by atoms with Gasteiger partial charge in [-0.15, -0.1) is 0 Å². The van der Waals surface area contributed by atoms with Crippen molar-refractivity contribution in [3.63, 3.8) is 0 Å². The summed E-state index contributed by atoms with van der Waals surface area (Å²) in [5.41, 5.74) is 0.389. The number of benzene rings is 1. The second kappa shape index (κ2) is 8.14. The lowest BCUT2D eigenvalue weighted by Gasteiger charge is -2.10. The molecule has 0 bridgehead atoms. The lowest BCUT2D eigenvalue weighted by atomic mass is 10.2. The number of carbonyl (C=O) groups is 2. The fourth-order valence-electron chi connectivity index (χ4n) is 1.72. The molecule has 2 aromatic rings. The third kappa shape index (κ3) is 4.96. The smallest absolute Gasteiger partial charge is 0.340 e. The number of carbonyl (C=O) groups excluding carboxylic acids is 2. The summed E-state index contributed by atoms with van der Waals surface area (Å²) in [6.45, 7) is 1.97. The summed E-state index contributed by atoms with van der Waals surface area (Å²) < 4.78 is 4.95. The van der Waals surface area contributed by atoms with Crippen LogP contribution < -0.4 is 10.9 Å². The minimum atomic E-state index is -0.495. The molecule has 2 rings (SSSR count). The maximum Gasteiger partial charge on any atom is 0.340 e. The van der Waals surface area contributed by atoms with E-state index in [-0.39, 0.29) is 23.8 Å². The number of anilines is 1. The number of amides is 1. The molecule has 0 radical (unpaired) electrons. The monoisotopic (exact) mass is 333 g/mol. The van der Waals surface area contributed by atoms with Crippen LogP contribution in [-0.2, 0) is 9.53 Å². The number of rotatable bonds is 6. The van der Waals surface area contributed by atoms with E-state index < -0.39 is 5.97 Å². The van der Waals surface area contributed by atoms with Gasteiger partial charge < -0.3 is 15.0 Å². The summed E-state index contributed by atoms with van der Waals surface area (Å²) in [7, 11) is 0. The molecule has 0 saturated carbocycles. The number of nitrogens with zero attached hydrogens (tertiary/aromatic N) is 1. The third-order valence-corrected chi connectivity index (χ3v) is 3.57. The van der Waals surface area contributed by atoms with Crippen LogP contribution in [0.15, 0.2) is 46.5 Å². The van der Waals surface area contributed by atoms with Crippen molar-refractivity contribution in [3.05, 3.63) is 52.4 Å². The fourth-order valence-corrected chi connectivity index (χ4v) is 2.37. The Morgan fingerprint density at radius 2 is 2.09 bits per heavy atom. The number of ether oxygens (including phenoxy) is 1. The second-order valence-electron chi connectivity index (χ2n) is 4.34.